The van der Waals surface area contributed by atoms with Gasteiger partial charge in [0.25, 0.3) is 11.8 Å². The number of urea groups is 1. The fourth-order valence-corrected chi connectivity index (χ4v) is 4.24. The first-order valence-electron chi connectivity index (χ1n) is 9.91. The van der Waals surface area contributed by atoms with Gasteiger partial charge in [0, 0.05) is 16.8 Å². The Morgan fingerprint density at radius 1 is 1.00 bits per heavy atom. The van der Waals surface area contributed by atoms with Gasteiger partial charge in [0.15, 0.2) is 0 Å². The molecule has 2 aliphatic rings. The summed E-state index contributed by atoms with van der Waals surface area (Å²) in [4.78, 5) is 39.5. The zero-order valence-corrected chi connectivity index (χ0v) is 17.3. The summed E-state index contributed by atoms with van der Waals surface area (Å²) in [5, 5.41) is 5.82. The van der Waals surface area contributed by atoms with Crippen LogP contribution >= 0.6 is 11.6 Å². The van der Waals surface area contributed by atoms with E-state index in [1.165, 1.54) is 12.0 Å². The van der Waals surface area contributed by atoms with Gasteiger partial charge in [-0.05, 0) is 49.2 Å². The summed E-state index contributed by atoms with van der Waals surface area (Å²) in [6.07, 6.45) is 4.89. The molecule has 7 nitrogen and oxygen atoms in total. The van der Waals surface area contributed by atoms with Crippen LogP contribution in [0.2, 0.25) is 5.02 Å². The average molecular weight is 428 g/mol. The molecular weight excluding hydrogens is 406 g/mol. The maximum atomic E-state index is 12.9. The van der Waals surface area contributed by atoms with Gasteiger partial charge in [0.2, 0.25) is 0 Å². The number of ether oxygens (including phenoxy) is 1. The van der Waals surface area contributed by atoms with Crippen LogP contribution in [0.25, 0.3) is 0 Å². The van der Waals surface area contributed by atoms with E-state index in [-0.39, 0.29) is 17.9 Å². The molecule has 2 aromatic carbocycles. The fraction of sp³-hybridized carbons (Fsp3) is 0.318. The lowest BCUT2D eigenvalue weighted by atomic mass is 9.94. The molecule has 1 heterocycles. The second kappa shape index (κ2) is 8.36. The number of nitrogens with one attached hydrogen (secondary N) is 2. The number of nitrogens with zero attached hydrogens (tertiary/aromatic N) is 1. The molecule has 8 heteroatoms. The van der Waals surface area contributed by atoms with Crippen molar-refractivity contribution in [3.63, 3.8) is 0 Å². The Morgan fingerprint density at radius 2 is 1.73 bits per heavy atom. The predicted molar refractivity (Wildman–Crippen MR) is 114 cm³/mol. The van der Waals surface area contributed by atoms with Crippen molar-refractivity contribution in [1.82, 2.24) is 4.90 Å². The molecule has 1 fully saturated rings. The van der Waals surface area contributed by atoms with Gasteiger partial charge < -0.3 is 15.4 Å². The van der Waals surface area contributed by atoms with E-state index in [1.807, 2.05) is 0 Å². The standard InChI is InChI=1S/C22H22ClN3O4/c1-30-19-10-7-13(23)11-18(19)25-22(29)24-14-8-9-16-17(12-14)21(28)26(20(16)27)15-5-3-2-4-6-15/h7-12,15H,2-6H2,1H3,(H2,24,25,29). The molecule has 0 radical (unpaired) electrons. The minimum absolute atomic E-state index is 0.0406. The summed E-state index contributed by atoms with van der Waals surface area (Å²) in [7, 11) is 1.49. The summed E-state index contributed by atoms with van der Waals surface area (Å²) in [6, 6.07) is 9.08. The van der Waals surface area contributed by atoms with E-state index in [4.69, 9.17) is 16.3 Å². The minimum atomic E-state index is -0.517. The second-order valence-corrected chi connectivity index (χ2v) is 7.89. The summed E-state index contributed by atoms with van der Waals surface area (Å²) in [5.41, 5.74) is 1.54. The van der Waals surface area contributed by atoms with Crippen LogP contribution < -0.4 is 15.4 Å². The number of methoxy groups -OCH3 is 1. The third kappa shape index (κ3) is 3.85. The highest BCUT2D eigenvalue weighted by atomic mass is 35.5. The lowest BCUT2D eigenvalue weighted by molar-refractivity contribution is 0.0549. The Hall–Kier alpha value is -3.06. The average Bonchev–Trinajstić information content (AvgIpc) is 2.98. The maximum absolute atomic E-state index is 12.9. The first kappa shape index (κ1) is 20.2. The van der Waals surface area contributed by atoms with Gasteiger partial charge in [-0.3, -0.25) is 14.5 Å². The van der Waals surface area contributed by atoms with Crippen molar-refractivity contribution < 1.29 is 19.1 Å². The maximum Gasteiger partial charge on any atom is 0.323 e. The molecule has 2 N–H and O–H groups in total. The number of hydrogen-bond donors (Lipinski definition) is 2. The van der Waals surface area contributed by atoms with Crippen LogP contribution in [-0.2, 0) is 0 Å². The van der Waals surface area contributed by atoms with Crippen molar-refractivity contribution in [1.29, 1.82) is 0 Å². The van der Waals surface area contributed by atoms with Crippen molar-refractivity contribution >= 4 is 40.8 Å². The van der Waals surface area contributed by atoms with E-state index < -0.39 is 6.03 Å². The number of fused-ring (bicyclic) bond motifs is 1. The highest BCUT2D eigenvalue weighted by molar-refractivity contribution is 6.31. The fourth-order valence-electron chi connectivity index (χ4n) is 4.07. The molecule has 0 unspecified atom stereocenters. The first-order valence-corrected chi connectivity index (χ1v) is 10.3. The molecule has 30 heavy (non-hydrogen) atoms. The van der Waals surface area contributed by atoms with Crippen LogP contribution in [0.1, 0.15) is 52.8 Å². The number of rotatable bonds is 4. The van der Waals surface area contributed by atoms with Gasteiger partial charge >= 0.3 is 6.03 Å². The van der Waals surface area contributed by atoms with Crippen LogP contribution in [-0.4, -0.2) is 35.9 Å². The minimum Gasteiger partial charge on any atom is -0.495 e. The highest BCUT2D eigenvalue weighted by Crippen LogP contribution is 2.32. The number of amides is 4. The SMILES string of the molecule is COc1ccc(Cl)cc1NC(=O)Nc1ccc2c(c1)C(=O)N(C1CCCCC1)C2=O. The lowest BCUT2D eigenvalue weighted by Gasteiger charge is -2.29. The number of benzene rings is 2. The largest absolute Gasteiger partial charge is 0.495 e. The lowest BCUT2D eigenvalue weighted by Crippen LogP contribution is -2.40. The summed E-state index contributed by atoms with van der Waals surface area (Å²) in [5.74, 6) is -0.0727. The van der Waals surface area contributed by atoms with Crippen molar-refractivity contribution in [2.24, 2.45) is 0 Å². The van der Waals surface area contributed by atoms with E-state index in [0.717, 1.165) is 32.1 Å². The third-order valence-electron chi connectivity index (χ3n) is 5.53. The number of hydrogen-bond acceptors (Lipinski definition) is 4. The smallest absolute Gasteiger partial charge is 0.323 e. The first-order chi connectivity index (χ1) is 14.5. The molecule has 4 rings (SSSR count). The van der Waals surface area contributed by atoms with Gasteiger partial charge in [0.05, 0.1) is 23.9 Å². The van der Waals surface area contributed by atoms with E-state index in [9.17, 15) is 14.4 Å². The van der Waals surface area contributed by atoms with E-state index in [2.05, 4.69) is 10.6 Å². The molecule has 0 saturated heterocycles. The predicted octanol–water partition coefficient (Wildman–Crippen LogP) is 4.92. The van der Waals surface area contributed by atoms with Crippen molar-refractivity contribution in [3.05, 3.63) is 52.5 Å². The van der Waals surface area contributed by atoms with E-state index >= 15 is 0 Å². The van der Waals surface area contributed by atoms with Crippen LogP contribution in [0.3, 0.4) is 0 Å². The summed E-state index contributed by atoms with van der Waals surface area (Å²) in [6.45, 7) is 0. The molecule has 0 aromatic heterocycles. The molecule has 0 spiro atoms. The molecule has 2 aromatic rings. The molecule has 0 bridgehead atoms. The normalized spacial score (nSPS) is 16.4. The Kier molecular flexibility index (Phi) is 5.63. The van der Waals surface area contributed by atoms with Crippen LogP contribution in [0.4, 0.5) is 16.2 Å². The zero-order valence-electron chi connectivity index (χ0n) is 16.5. The van der Waals surface area contributed by atoms with Crippen molar-refractivity contribution in [3.8, 4) is 5.75 Å². The Bertz CT molecular complexity index is 1020. The van der Waals surface area contributed by atoms with Gasteiger partial charge in [-0.2, -0.15) is 0 Å². The van der Waals surface area contributed by atoms with Gasteiger partial charge in [-0.1, -0.05) is 30.9 Å². The van der Waals surface area contributed by atoms with Gasteiger partial charge in [-0.25, -0.2) is 4.79 Å². The molecule has 156 valence electrons. The Labute approximate surface area is 179 Å². The quantitative estimate of drug-likeness (QED) is 0.678. The number of halogens is 1. The Balaban J connectivity index is 1.50. The van der Waals surface area contributed by atoms with E-state index in [0.29, 0.717) is 33.3 Å². The number of carbonyl (C=O) groups excluding carboxylic acids is 3. The molecule has 1 aliphatic heterocycles. The van der Waals surface area contributed by atoms with Crippen LogP contribution in [0.5, 0.6) is 5.75 Å². The number of carbonyl (C=O) groups is 3. The molecule has 1 saturated carbocycles. The topological polar surface area (TPSA) is 87.7 Å². The third-order valence-corrected chi connectivity index (χ3v) is 5.76. The van der Waals surface area contributed by atoms with Crippen molar-refractivity contribution in [2.45, 2.75) is 38.1 Å². The molecule has 0 atom stereocenters. The zero-order chi connectivity index (χ0) is 21.3. The highest BCUT2D eigenvalue weighted by Gasteiger charge is 2.40. The Morgan fingerprint density at radius 3 is 2.47 bits per heavy atom. The van der Waals surface area contributed by atoms with Crippen LogP contribution in [0, 0.1) is 0 Å². The monoisotopic (exact) mass is 427 g/mol. The van der Waals surface area contributed by atoms with Gasteiger partial charge in [0.1, 0.15) is 5.75 Å². The van der Waals surface area contributed by atoms with Crippen molar-refractivity contribution in [2.75, 3.05) is 17.7 Å². The second-order valence-electron chi connectivity index (χ2n) is 7.46. The van der Waals surface area contributed by atoms with Gasteiger partial charge in [-0.15, -0.1) is 0 Å². The molecule has 4 amide bonds. The van der Waals surface area contributed by atoms with Crippen LogP contribution in [0.15, 0.2) is 36.4 Å². The number of anilines is 2. The summed E-state index contributed by atoms with van der Waals surface area (Å²) >= 11 is 5.99. The summed E-state index contributed by atoms with van der Waals surface area (Å²) < 4.78 is 5.22. The van der Waals surface area contributed by atoms with E-state index in [1.54, 1.807) is 36.4 Å². The molecular formula is C22H22ClN3O4. The number of imide groups is 1. The molecule has 1 aliphatic carbocycles.